The largest absolute Gasteiger partial charge is 0.206 e. The summed E-state index contributed by atoms with van der Waals surface area (Å²) >= 11 is 0. The Balaban J connectivity index is 2.10. The van der Waals surface area contributed by atoms with E-state index in [1.807, 2.05) is 0 Å². The smallest absolute Gasteiger partial charge is 0.159 e. The van der Waals surface area contributed by atoms with Gasteiger partial charge in [0.05, 0.1) is 0 Å². The molecule has 0 N–H and O–H groups in total. The third kappa shape index (κ3) is 2.96. The van der Waals surface area contributed by atoms with Crippen LogP contribution in [0.4, 0.5) is 22.0 Å². The van der Waals surface area contributed by atoms with Gasteiger partial charge < -0.3 is 0 Å². The number of rotatable bonds is 2. The van der Waals surface area contributed by atoms with Crippen LogP contribution in [0.25, 0.3) is 43.8 Å². The Bertz CT molecular complexity index is 1470. The van der Waals surface area contributed by atoms with Crippen LogP contribution in [0.3, 0.4) is 0 Å². The number of halogens is 5. The van der Waals surface area contributed by atoms with Crippen molar-refractivity contribution in [3.8, 4) is 22.3 Å². The standard InChI is InChI=1S/C26H13F5/c27-17-10-9-15(13-21(17)31)22-16-7-4-8-18(28)24(16)23(14-5-2-1-3-6-14)26-20(30)12-11-19(29)25(22)26/h1-13H. The third-order valence-corrected chi connectivity index (χ3v) is 5.41. The first-order valence-electron chi connectivity index (χ1n) is 9.50. The molecule has 0 fully saturated rings. The van der Waals surface area contributed by atoms with Gasteiger partial charge in [0.1, 0.15) is 17.5 Å². The second-order valence-corrected chi connectivity index (χ2v) is 7.19. The molecule has 0 aromatic heterocycles. The molecule has 0 aliphatic rings. The topological polar surface area (TPSA) is 0 Å². The highest BCUT2D eigenvalue weighted by atomic mass is 19.2. The first-order chi connectivity index (χ1) is 15.0. The SMILES string of the molecule is Fc1ccc(-c2c3cccc(F)c3c(-c3ccccc3)c3c(F)ccc(F)c23)cc1F. The molecule has 152 valence electrons. The first kappa shape index (κ1) is 19.2. The highest BCUT2D eigenvalue weighted by molar-refractivity contribution is 6.21. The van der Waals surface area contributed by atoms with Crippen molar-refractivity contribution < 1.29 is 22.0 Å². The Morgan fingerprint density at radius 3 is 1.68 bits per heavy atom. The summed E-state index contributed by atoms with van der Waals surface area (Å²) in [6.45, 7) is 0. The number of fused-ring (bicyclic) bond motifs is 2. The lowest BCUT2D eigenvalue weighted by Crippen LogP contribution is -1.97. The van der Waals surface area contributed by atoms with E-state index < -0.39 is 29.1 Å². The predicted octanol–water partition coefficient (Wildman–Crippen LogP) is 8.02. The summed E-state index contributed by atoms with van der Waals surface area (Å²) in [6, 6.07) is 17.8. The van der Waals surface area contributed by atoms with Gasteiger partial charge in [-0.05, 0) is 46.8 Å². The van der Waals surface area contributed by atoms with Gasteiger partial charge in [-0.1, -0.05) is 48.5 Å². The van der Waals surface area contributed by atoms with Crippen LogP contribution in [0.2, 0.25) is 0 Å². The molecule has 0 saturated heterocycles. The molecule has 5 rings (SSSR count). The van der Waals surface area contributed by atoms with Crippen LogP contribution < -0.4 is 0 Å². The molecule has 5 heteroatoms. The lowest BCUT2D eigenvalue weighted by molar-refractivity contribution is 0.509. The van der Waals surface area contributed by atoms with Gasteiger partial charge in [0.2, 0.25) is 0 Å². The van der Waals surface area contributed by atoms with Crippen molar-refractivity contribution in [2.45, 2.75) is 0 Å². The molecule has 5 aromatic carbocycles. The average Bonchev–Trinajstić information content (AvgIpc) is 2.77. The summed E-state index contributed by atoms with van der Waals surface area (Å²) in [5, 5.41) is 0.0961. The Hall–Kier alpha value is -3.73. The van der Waals surface area contributed by atoms with Crippen LogP contribution in [0, 0.1) is 29.1 Å². The summed E-state index contributed by atoms with van der Waals surface area (Å²) < 4.78 is 73.2. The molecule has 0 amide bonds. The maximum atomic E-state index is 15.2. The summed E-state index contributed by atoms with van der Waals surface area (Å²) in [5.41, 5.74) is 0.916. The molecule has 0 saturated carbocycles. The Labute approximate surface area is 174 Å². The van der Waals surface area contributed by atoms with Crippen molar-refractivity contribution in [3.05, 3.63) is 108 Å². The van der Waals surface area contributed by atoms with Crippen molar-refractivity contribution in [2.24, 2.45) is 0 Å². The summed E-state index contributed by atoms with van der Waals surface area (Å²) in [7, 11) is 0. The van der Waals surface area contributed by atoms with E-state index in [1.54, 1.807) is 36.4 Å². The highest BCUT2D eigenvalue weighted by Gasteiger charge is 2.24. The molecule has 0 spiro atoms. The van der Waals surface area contributed by atoms with Gasteiger partial charge in [0.25, 0.3) is 0 Å². The van der Waals surface area contributed by atoms with E-state index >= 15 is 13.2 Å². The first-order valence-corrected chi connectivity index (χ1v) is 9.50. The van der Waals surface area contributed by atoms with Gasteiger partial charge in [-0.3, -0.25) is 0 Å². The average molecular weight is 420 g/mol. The Morgan fingerprint density at radius 1 is 0.387 bits per heavy atom. The maximum absolute atomic E-state index is 15.2. The monoisotopic (exact) mass is 420 g/mol. The zero-order valence-electron chi connectivity index (χ0n) is 15.9. The molecule has 0 radical (unpaired) electrons. The third-order valence-electron chi connectivity index (χ3n) is 5.41. The fourth-order valence-electron chi connectivity index (χ4n) is 4.13. The number of hydrogen-bond acceptors (Lipinski definition) is 0. The van der Waals surface area contributed by atoms with Crippen LogP contribution >= 0.6 is 0 Å². The minimum absolute atomic E-state index is 0.0745. The van der Waals surface area contributed by atoms with Crippen molar-refractivity contribution in [3.63, 3.8) is 0 Å². The van der Waals surface area contributed by atoms with Crippen molar-refractivity contribution >= 4 is 21.5 Å². The normalized spacial score (nSPS) is 11.4. The fraction of sp³-hybridized carbons (Fsp3) is 0. The van der Waals surface area contributed by atoms with Crippen LogP contribution in [-0.2, 0) is 0 Å². The van der Waals surface area contributed by atoms with Crippen LogP contribution in [0.5, 0.6) is 0 Å². The zero-order valence-corrected chi connectivity index (χ0v) is 15.9. The van der Waals surface area contributed by atoms with E-state index in [0.717, 1.165) is 24.3 Å². The predicted molar refractivity (Wildman–Crippen MR) is 112 cm³/mol. The molecule has 0 atom stereocenters. The number of benzene rings is 5. The molecule has 31 heavy (non-hydrogen) atoms. The van der Waals surface area contributed by atoms with Crippen LogP contribution in [0.1, 0.15) is 0 Å². The van der Waals surface area contributed by atoms with Gasteiger partial charge in [-0.25, -0.2) is 22.0 Å². The Kier molecular flexibility index (Phi) is 4.47. The van der Waals surface area contributed by atoms with Crippen molar-refractivity contribution in [1.82, 2.24) is 0 Å². The second-order valence-electron chi connectivity index (χ2n) is 7.19. The molecule has 0 heterocycles. The van der Waals surface area contributed by atoms with Gasteiger partial charge in [0.15, 0.2) is 11.6 Å². The molecular weight excluding hydrogens is 407 g/mol. The molecule has 0 aliphatic heterocycles. The molecular formula is C26H13F5. The van der Waals surface area contributed by atoms with Gasteiger partial charge in [-0.15, -0.1) is 0 Å². The van der Waals surface area contributed by atoms with Gasteiger partial charge >= 0.3 is 0 Å². The molecule has 0 bridgehead atoms. The van der Waals surface area contributed by atoms with Crippen molar-refractivity contribution in [2.75, 3.05) is 0 Å². The highest BCUT2D eigenvalue weighted by Crippen LogP contribution is 2.46. The van der Waals surface area contributed by atoms with E-state index in [9.17, 15) is 8.78 Å². The zero-order chi connectivity index (χ0) is 21.7. The minimum Gasteiger partial charge on any atom is -0.206 e. The summed E-state index contributed by atoms with van der Waals surface area (Å²) in [5.74, 6) is -4.34. The summed E-state index contributed by atoms with van der Waals surface area (Å²) in [6.07, 6.45) is 0. The maximum Gasteiger partial charge on any atom is 0.159 e. The minimum atomic E-state index is -1.14. The van der Waals surface area contributed by atoms with E-state index in [1.165, 1.54) is 18.2 Å². The lowest BCUT2D eigenvalue weighted by Gasteiger charge is -2.19. The van der Waals surface area contributed by atoms with Crippen molar-refractivity contribution in [1.29, 1.82) is 0 Å². The van der Waals surface area contributed by atoms with E-state index in [0.29, 0.717) is 5.56 Å². The van der Waals surface area contributed by atoms with Crippen LogP contribution in [-0.4, -0.2) is 0 Å². The van der Waals surface area contributed by atoms with Gasteiger partial charge in [0, 0.05) is 27.3 Å². The molecule has 5 aromatic rings. The lowest BCUT2D eigenvalue weighted by atomic mass is 9.85. The molecule has 0 nitrogen and oxygen atoms in total. The number of hydrogen-bond donors (Lipinski definition) is 0. The quantitative estimate of drug-likeness (QED) is 0.200. The van der Waals surface area contributed by atoms with Crippen LogP contribution in [0.15, 0.2) is 78.9 Å². The van der Waals surface area contributed by atoms with Gasteiger partial charge in [-0.2, -0.15) is 0 Å². The summed E-state index contributed by atoms with van der Waals surface area (Å²) in [4.78, 5) is 0. The van der Waals surface area contributed by atoms with E-state index in [-0.39, 0.29) is 38.2 Å². The second kappa shape index (κ2) is 7.20. The molecule has 0 aliphatic carbocycles. The van der Waals surface area contributed by atoms with E-state index in [2.05, 4.69) is 0 Å². The fourth-order valence-corrected chi connectivity index (χ4v) is 4.13. The molecule has 0 unspecified atom stereocenters. The Morgan fingerprint density at radius 2 is 1.00 bits per heavy atom. The van der Waals surface area contributed by atoms with E-state index in [4.69, 9.17) is 0 Å².